The Kier molecular flexibility index (Phi) is 9.09. The Hall–Kier alpha value is -3.28. The lowest BCUT2D eigenvalue weighted by molar-refractivity contribution is -0.147. The zero-order valence-corrected chi connectivity index (χ0v) is 17.8. The smallest absolute Gasteiger partial charge is 0.534 e. The number of fused-ring (bicyclic) bond motifs is 1. The largest absolute Gasteiger partial charge is 0.547 e. The van der Waals surface area contributed by atoms with Gasteiger partial charge in [-0.2, -0.15) is 13.2 Å². The van der Waals surface area contributed by atoms with E-state index in [0.717, 1.165) is 0 Å². The number of para-hydroxylation sites is 1. The maximum Gasteiger partial charge on any atom is 0.547 e. The number of esters is 2. The molecular weight excluding hydrogens is 446 g/mol. The summed E-state index contributed by atoms with van der Waals surface area (Å²) in [5, 5.41) is 12.7. The lowest BCUT2D eigenvalue weighted by Crippen LogP contribution is -2.53. The first kappa shape index (κ1) is 26.0. The van der Waals surface area contributed by atoms with Crippen LogP contribution in [0.3, 0.4) is 0 Å². The van der Waals surface area contributed by atoms with E-state index >= 15 is 0 Å². The number of ether oxygens (including phenoxy) is 2. The van der Waals surface area contributed by atoms with Gasteiger partial charge in [-0.1, -0.05) is 30.9 Å². The Labute approximate surface area is 188 Å². The molecule has 0 saturated heterocycles. The fourth-order valence-electron chi connectivity index (χ4n) is 3.01. The van der Waals surface area contributed by atoms with E-state index < -0.39 is 50.3 Å². The number of allylic oxidation sites excluding steroid dienone is 1. The summed E-state index contributed by atoms with van der Waals surface area (Å²) in [5.74, 6) is -3.19. The van der Waals surface area contributed by atoms with Crippen LogP contribution in [-0.4, -0.2) is 48.9 Å². The first-order chi connectivity index (χ1) is 15.5. The fraction of sp³-hybridized carbons (Fsp3) is 0.381. The van der Waals surface area contributed by atoms with E-state index in [9.17, 15) is 32.6 Å². The van der Waals surface area contributed by atoms with Gasteiger partial charge in [-0.15, -0.1) is 0 Å². The Bertz CT molecular complexity index is 933. The number of halogens is 3. The Balaban J connectivity index is 1.95. The molecule has 2 N–H and O–H groups in total. The molecular formula is C21H23BF3NO7. The predicted molar refractivity (Wildman–Crippen MR) is 111 cm³/mol. The number of benzene rings is 1. The molecule has 0 bridgehead atoms. The molecule has 33 heavy (non-hydrogen) atoms. The summed E-state index contributed by atoms with van der Waals surface area (Å²) in [6, 6.07) is 4.50. The number of amides is 1. The van der Waals surface area contributed by atoms with Gasteiger partial charge < -0.3 is 24.5 Å². The van der Waals surface area contributed by atoms with Crippen molar-refractivity contribution >= 4 is 25.0 Å². The summed E-state index contributed by atoms with van der Waals surface area (Å²) in [6.07, 6.45) is -3.08. The normalized spacial score (nSPS) is 15.4. The maximum atomic E-state index is 12.4. The van der Waals surface area contributed by atoms with Crippen molar-refractivity contribution in [1.29, 1.82) is 0 Å². The van der Waals surface area contributed by atoms with Crippen molar-refractivity contribution in [1.82, 2.24) is 5.32 Å². The van der Waals surface area contributed by atoms with Crippen molar-refractivity contribution in [2.24, 2.45) is 0 Å². The minimum atomic E-state index is -4.35. The lowest BCUT2D eigenvalue weighted by atomic mass is 9.72. The van der Waals surface area contributed by atoms with Crippen LogP contribution in [0.25, 0.3) is 0 Å². The summed E-state index contributed by atoms with van der Waals surface area (Å²) in [5.41, 5.74) is 0.502. The topological polar surface area (TPSA) is 111 Å². The van der Waals surface area contributed by atoms with Gasteiger partial charge in [0.05, 0.1) is 11.5 Å². The Morgan fingerprint density at radius 1 is 1.33 bits per heavy atom. The van der Waals surface area contributed by atoms with Gasteiger partial charge in [-0.25, -0.2) is 9.59 Å². The second kappa shape index (κ2) is 11.5. The zero-order chi connectivity index (χ0) is 24.6. The third-order valence-electron chi connectivity index (χ3n) is 4.56. The molecule has 0 saturated carbocycles. The van der Waals surface area contributed by atoms with E-state index in [4.69, 9.17) is 14.1 Å². The van der Waals surface area contributed by atoms with Crippen LogP contribution in [0.5, 0.6) is 5.75 Å². The molecule has 0 unspecified atom stereocenters. The highest BCUT2D eigenvalue weighted by Crippen LogP contribution is 2.31. The van der Waals surface area contributed by atoms with Gasteiger partial charge >= 0.3 is 25.2 Å². The van der Waals surface area contributed by atoms with Gasteiger partial charge in [0.1, 0.15) is 11.3 Å². The first-order valence-corrected chi connectivity index (χ1v) is 10.0. The third kappa shape index (κ3) is 7.97. The van der Waals surface area contributed by atoms with Gasteiger partial charge in [-0.3, -0.25) is 4.79 Å². The Morgan fingerprint density at radius 2 is 2.06 bits per heavy atom. The number of hydrogen-bond donors (Lipinski definition) is 2. The van der Waals surface area contributed by atoms with Crippen molar-refractivity contribution < 1.29 is 46.7 Å². The molecule has 178 valence electrons. The number of alkyl halides is 3. The quantitative estimate of drug-likeness (QED) is 0.188. The molecule has 1 atom stereocenters. The Morgan fingerprint density at radius 3 is 2.73 bits per heavy atom. The minimum Gasteiger partial charge on any atom is -0.534 e. The summed E-state index contributed by atoms with van der Waals surface area (Å²) >= 11 is 0. The van der Waals surface area contributed by atoms with Gasteiger partial charge in [0.25, 0.3) is 0 Å². The van der Waals surface area contributed by atoms with Crippen LogP contribution in [0.15, 0.2) is 42.5 Å². The van der Waals surface area contributed by atoms with E-state index in [1.54, 1.807) is 19.1 Å². The highest BCUT2D eigenvalue weighted by atomic mass is 19.4. The summed E-state index contributed by atoms with van der Waals surface area (Å²) < 4.78 is 51.7. The van der Waals surface area contributed by atoms with E-state index in [1.807, 2.05) is 0 Å². The van der Waals surface area contributed by atoms with Crippen LogP contribution in [0.1, 0.15) is 42.1 Å². The molecule has 0 fully saturated rings. The standard InChI is InChI=1S/C21H23BF3NO7/c1-3-6-13(2)19(28)31-12-32-20(29)15-8-4-7-14-11-16(22(30)33-18(14)15)26-17(27)9-5-10-21(23,24)25/h3-4,6-8,16,30H,2,5,9-12H2,1H3,(H,26,27)/b6-3-/t16-/m0/s1. The van der Waals surface area contributed by atoms with Crippen molar-refractivity contribution in [2.45, 2.75) is 44.7 Å². The van der Waals surface area contributed by atoms with E-state index in [2.05, 4.69) is 11.9 Å². The molecule has 8 nitrogen and oxygen atoms in total. The van der Waals surface area contributed by atoms with Crippen LogP contribution >= 0.6 is 0 Å². The molecule has 12 heteroatoms. The molecule has 1 aromatic rings. The van der Waals surface area contributed by atoms with E-state index in [-0.39, 0.29) is 36.1 Å². The molecule has 0 radical (unpaired) electrons. The lowest BCUT2D eigenvalue weighted by Gasteiger charge is -2.29. The molecule has 1 aliphatic rings. The fourth-order valence-corrected chi connectivity index (χ4v) is 3.01. The van der Waals surface area contributed by atoms with Gasteiger partial charge in [-0.05, 0) is 31.4 Å². The predicted octanol–water partition coefficient (Wildman–Crippen LogP) is 2.65. The van der Waals surface area contributed by atoms with Crippen LogP contribution in [0, 0.1) is 0 Å². The average molecular weight is 469 g/mol. The minimum absolute atomic E-state index is 0.0298. The van der Waals surface area contributed by atoms with Crippen molar-refractivity contribution in [3.8, 4) is 5.75 Å². The van der Waals surface area contributed by atoms with E-state index in [1.165, 1.54) is 18.2 Å². The van der Waals surface area contributed by atoms with Crippen molar-refractivity contribution in [3.05, 3.63) is 53.6 Å². The van der Waals surface area contributed by atoms with Crippen LogP contribution in [0.2, 0.25) is 0 Å². The third-order valence-corrected chi connectivity index (χ3v) is 4.56. The van der Waals surface area contributed by atoms with Gasteiger partial charge in [0.2, 0.25) is 12.7 Å². The van der Waals surface area contributed by atoms with E-state index in [0.29, 0.717) is 5.56 Å². The van der Waals surface area contributed by atoms with Gasteiger partial charge in [0.15, 0.2) is 0 Å². The van der Waals surface area contributed by atoms with Crippen molar-refractivity contribution in [2.75, 3.05) is 6.79 Å². The molecule has 0 aliphatic carbocycles. The first-order valence-electron chi connectivity index (χ1n) is 10.0. The van der Waals surface area contributed by atoms with Gasteiger partial charge in [0, 0.05) is 12.8 Å². The molecule has 1 aliphatic heterocycles. The summed E-state index contributed by atoms with van der Waals surface area (Å²) in [7, 11) is -1.54. The molecule has 1 amide bonds. The van der Waals surface area contributed by atoms with Crippen LogP contribution in [-0.2, 0) is 25.5 Å². The highest BCUT2D eigenvalue weighted by molar-refractivity contribution is 6.47. The second-order valence-corrected chi connectivity index (χ2v) is 7.16. The maximum absolute atomic E-state index is 12.4. The highest BCUT2D eigenvalue weighted by Gasteiger charge is 2.38. The molecule has 0 spiro atoms. The SMILES string of the molecule is C=C(/C=C\C)C(=O)OCOC(=O)c1cccc2c1OB(O)[C@@H](NC(=O)CCCC(F)(F)F)C2. The van der Waals surface area contributed by atoms with Crippen LogP contribution < -0.4 is 9.97 Å². The average Bonchev–Trinajstić information content (AvgIpc) is 2.73. The monoisotopic (exact) mass is 469 g/mol. The van der Waals surface area contributed by atoms with Crippen LogP contribution in [0.4, 0.5) is 13.2 Å². The number of rotatable bonds is 9. The number of hydrogen-bond acceptors (Lipinski definition) is 7. The summed E-state index contributed by atoms with van der Waals surface area (Å²) in [6.45, 7) is 4.51. The number of nitrogens with one attached hydrogen (secondary N) is 1. The number of carbonyl (C=O) groups is 3. The molecule has 0 aromatic heterocycles. The zero-order valence-electron chi connectivity index (χ0n) is 17.8. The van der Waals surface area contributed by atoms with Crippen molar-refractivity contribution in [3.63, 3.8) is 0 Å². The second-order valence-electron chi connectivity index (χ2n) is 7.16. The number of carbonyl (C=O) groups excluding carboxylic acids is 3. The summed E-state index contributed by atoms with van der Waals surface area (Å²) in [4.78, 5) is 36.0. The molecule has 1 heterocycles. The molecule has 2 rings (SSSR count). The molecule has 1 aromatic carbocycles.